The molecule has 0 aliphatic heterocycles. The molecular weight excluding hydrogens is 1330 g/mol. The molecule has 32 heteroatoms. The van der Waals surface area contributed by atoms with Crippen molar-refractivity contribution in [1.29, 1.82) is 0 Å². The van der Waals surface area contributed by atoms with Crippen LogP contribution in [0.4, 0.5) is 45.5 Å². The highest BCUT2D eigenvalue weighted by Gasteiger charge is 2.21. The summed E-state index contributed by atoms with van der Waals surface area (Å²) in [7, 11) is 1.40. The van der Waals surface area contributed by atoms with Crippen LogP contribution in [-0.2, 0) is 76.7 Å². The number of nitrogens with one attached hydrogen (secondary N) is 8. The molecule has 95 heavy (non-hydrogen) atoms. The van der Waals surface area contributed by atoms with Gasteiger partial charge in [-0.15, -0.1) is 0 Å². The summed E-state index contributed by atoms with van der Waals surface area (Å²) in [4.78, 5) is 181. The van der Waals surface area contributed by atoms with E-state index in [2.05, 4.69) is 42.5 Å². The monoisotopic (exact) mass is 1400 g/mol. The Morgan fingerprint density at radius 3 is 0.653 bits per heavy atom. The van der Waals surface area contributed by atoms with E-state index in [1.165, 1.54) is 111 Å². The van der Waals surface area contributed by atoms with Gasteiger partial charge in [0.2, 0.25) is 47.3 Å². The second-order valence-electron chi connectivity index (χ2n) is 20.2. The minimum absolute atomic E-state index is 0.0270. The zero-order valence-electron chi connectivity index (χ0n) is 54.1. The number of Topliss-reactive ketones (excluding diaryl/α,β-unsaturated/α-hetero) is 8. The molecule has 4 aromatic carbocycles. The van der Waals surface area contributed by atoms with Crippen LogP contribution in [0.5, 0.6) is 23.0 Å². The van der Waals surface area contributed by atoms with Gasteiger partial charge in [-0.2, -0.15) is 0 Å². The number of carbonyl (C=O) groups is 16. The van der Waals surface area contributed by atoms with Crippen LogP contribution in [0.15, 0.2) is 48.5 Å². The molecular formula is C63H74Cl4N8O20. The molecule has 0 aliphatic carbocycles. The summed E-state index contributed by atoms with van der Waals surface area (Å²) >= 11 is 24.0. The number of amides is 8. The third-order valence-electron chi connectivity index (χ3n) is 10.9. The molecule has 0 atom stereocenters. The second-order valence-corrected chi connectivity index (χ2v) is 21.8. The summed E-state index contributed by atoms with van der Waals surface area (Å²) in [6.45, 7) is 16.7. The lowest BCUT2D eigenvalue weighted by atomic mass is 10.2. The molecule has 8 N–H and O–H groups in total. The molecule has 8 amide bonds. The van der Waals surface area contributed by atoms with E-state index < -0.39 is 47.3 Å². The Morgan fingerprint density at radius 1 is 0.284 bits per heavy atom. The summed E-state index contributed by atoms with van der Waals surface area (Å²) in [6, 6.07) is 11.6. The Hall–Kier alpha value is -9.64. The number of hydrogen-bond acceptors (Lipinski definition) is 20. The fourth-order valence-corrected chi connectivity index (χ4v) is 8.20. The van der Waals surface area contributed by atoms with Crippen molar-refractivity contribution >= 4 is 185 Å². The van der Waals surface area contributed by atoms with Gasteiger partial charge in [-0.25, -0.2) is 0 Å². The lowest BCUT2D eigenvalue weighted by Crippen LogP contribution is -2.17. The van der Waals surface area contributed by atoms with Crippen molar-refractivity contribution in [3.63, 3.8) is 0 Å². The number of ketones is 8. The standard InChI is InChI=1S/C18H24N2O6.C17H22N2O6.2C14H14Cl2N2O4/c1-5-25-15-9-14(20-18(24)8-12(4)22)16(26-6-2)10-13(15)19-17(23)7-11(3)21;1-5-25-15-9-12(18-16(22)6-10(2)20)14(24-4)8-13(15)19-17(23)7-11(3)21;1-7(19)3-13(21)17-11-5-10(16)12(6-9(11)15)18-14(22)4-8(2)20;1-7(19)5-11(21)17-9-3-4-10(14(16)13(9)15)18-12(22)6-8(2)20/h9-10H,5-8H2,1-4H3,(H,19,23)(H,20,24);8-9H,5-7H2,1-4H3,(H,18,22)(H,19,23);5-6H,3-4H2,1-2H3,(H,17,21)(H,18,22);3-4H,5-6H2,1-2H3,(H,17,21)(H,18,22). The number of carbonyl (C=O) groups excluding carboxylic acids is 16. The van der Waals surface area contributed by atoms with E-state index in [-0.39, 0.29) is 146 Å². The summed E-state index contributed by atoms with van der Waals surface area (Å²) in [5.74, 6) is -4.98. The molecule has 0 saturated heterocycles. The predicted octanol–water partition coefficient (Wildman–Crippen LogP) is 9.91. The van der Waals surface area contributed by atoms with Crippen LogP contribution in [-0.4, -0.2) is 120 Å². The Morgan fingerprint density at radius 2 is 0.463 bits per heavy atom. The molecule has 0 radical (unpaired) electrons. The van der Waals surface area contributed by atoms with Gasteiger partial charge in [0.25, 0.3) is 0 Å². The Balaban J connectivity index is 0.000000635. The number of anilines is 8. The highest BCUT2D eigenvalue weighted by molar-refractivity contribution is 6.46. The number of hydrogen-bond donors (Lipinski definition) is 8. The highest BCUT2D eigenvalue weighted by Crippen LogP contribution is 2.40. The molecule has 0 saturated carbocycles. The van der Waals surface area contributed by atoms with Gasteiger partial charge in [0.1, 0.15) is 69.3 Å². The van der Waals surface area contributed by atoms with Crippen molar-refractivity contribution in [1.82, 2.24) is 0 Å². The van der Waals surface area contributed by atoms with Gasteiger partial charge in [0, 0.05) is 24.3 Å². The lowest BCUT2D eigenvalue weighted by Gasteiger charge is -2.17. The maximum Gasteiger partial charge on any atom is 0.231 e. The Labute approximate surface area is 567 Å². The summed E-state index contributed by atoms with van der Waals surface area (Å²) in [6.07, 6.45) is -2.12. The summed E-state index contributed by atoms with van der Waals surface area (Å²) < 4.78 is 21.7. The third kappa shape index (κ3) is 33.7. The van der Waals surface area contributed by atoms with E-state index in [0.29, 0.717) is 59.8 Å². The van der Waals surface area contributed by atoms with Gasteiger partial charge < -0.3 is 61.5 Å². The Bertz CT molecular complexity index is 3370. The molecule has 0 fully saturated rings. The summed E-state index contributed by atoms with van der Waals surface area (Å²) in [5.41, 5.74) is 2.17. The Kier molecular flexibility index (Phi) is 37.4. The van der Waals surface area contributed by atoms with E-state index in [9.17, 15) is 76.7 Å². The van der Waals surface area contributed by atoms with Gasteiger partial charge in [-0.3, -0.25) is 76.7 Å². The number of rotatable bonds is 31. The fraction of sp³-hybridized carbons (Fsp3) is 0.365. The first kappa shape index (κ1) is 83.4. The smallest absolute Gasteiger partial charge is 0.231 e. The van der Waals surface area contributed by atoms with Gasteiger partial charge in [-0.1, -0.05) is 46.4 Å². The molecule has 4 rings (SSSR count). The molecule has 0 unspecified atom stereocenters. The van der Waals surface area contributed by atoms with E-state index in [1.807, 2.05) is 0 Å². The van der Waals surface area contributed by atoms with Crippen LogP contribution < -0.4 is 61.5 Å². The van der Waals surface area contributed by atoms with Gasteiger partial charge in [-0.05, 0) is 100 Å². The number of ether oxygens (including phenoxy) is 4. The first-order chi connectivity index (χ1) is 44.4. The average molecular weight is 1410 g/mol. The van der Waals surface area contributed by atoms with Crippen LogP contribution in [0.2, 0.25) is 20.1 Å². The topological polar surface area (TPSA) is 406 Å². The molecule has 0 heterocycles. The largest absolute Gasteiger partial charge is 0.494 e. The normalized spacial score (nSPS) is 9.98. The molecule has 514 valence electrons. The molecule has 0 bridgehead atoms. The SMILES string of the molecule is CC(=O)CC(=O)Nc1cc(Cl)c(NC(=O)CC(C)=O)cc1Cl.CC(=O)CC(=O)Nc1ccc(NC(=O)CC(C)=O)c(Cl)c1Cl.CCOc1cc(NC(=O)CC(C)=O)c(OC)cc1NC(=O)CC(C)=O.CCOc1cc(NC(=O)CC(C)=O)c(OCC)cc1NC(=O)CC(C)=O. The molecule has 4 aromatic rings. The van der Waals surface area contributed by atoms with Crippen LogP contribution >= 0.6 is 46.4 Å². The third-order valence-corrected chi connectivity index (χ3v) is 12.4. The fourth-order valence-electron chi connectivity index (χ4n) is 7.35. The molecule has 0 spiro atoms. The van der Waals surface area contributed by atoms with Crippen LogP contribution in [0.25, 0.3) is 0 Å². The van der Waals surface area contributed by atoms with Gasteiger partial charge in [0.05, 0.1) is 144 Å². The van der Waals surface area contributed by atoms with Gasteiger partial charge in [0.15, 0.2) is 0 Å². The lowest BCUT2D eigenvalue weighted by molar-refractivity contribution is -0.125. The number of halogens is 4. The van der Waals surface area contributed by atoms with Crippen LogP contribution in [0.1, 0.15) is 128 Å². The zero-order valence-corrected chi connectivity index (χ0v) is 57.1. The van der Waals surface area contributed by atoms with Crippen molar-refractivity contribution < 1.29 is 95.7 Å². The summed E-state index contributed by atoms with van der Waals surface area (Å²) in [5, 5.41) is 20.5. The first-order valence-electron chi connectivity index (χ1n) is 28.5. The van der Waals surface area contributed by atoms with Crippen molar-refractivity contribution in [2.45, 2.75) is 128 Å². The highest BCUT2D eigenvalue weighted by atomic mass is 35.5. The molecule has 28 nitrogen and oxygen atoms in total. The maximum atomic E-state index is 11.9. The minimum Gasteiger partial charge on any atom is -0.494 e. The number of methoxy groups -OCH3 is 1. The maximum absolute atomic E-state index is 11.9. The van der Waals surface area contributed by atoms with Crippen molar-refractivity contribution in [2.75, 3.05) is 69.5 Å². The second kappa shape index (κ2) is 42.6. The zero-order chi connectivity index (χ0) is 72.4. The molecule has 0 aliphatic rings. The van der Waals surface area contributed by atoms with Crippen molar-refractivity contribution in [3.8, 4) is 23.0 Å². The van der Waals surface area contributed by atoms with Crippen molar-refractivity contribution in [2.24, 2.45) is 0 Å². The van der Waals surface area contributed by atoms with Crippen LogP contribution in [0, 0.1) is 0 Å². The van der Waals surface area contributed by atoms with E-state index in [1.54, 1.807) is 20.8 Å². The van der Waals surface area contributed by atoms with Crippen LogP contribution in [0.3, 0.4) is 0 Å². The molecule has 0 aromatic heterocycles. The first-order valence-corrected chi connectivity index (χ1v) is 30.0. The van der Waals surface area contributed by atoms with E-state index in [4.69, 9.17) is 65.4 Å². The van der Waals surface area contributed by atoms with E-state index in [0.717, 1.165) is 0 Å². The van der Waals surface area contributed by atoms with Crippen molar-refractivity contribution in [3.05, 3.63) is 68.6 Å². The van der Waals surface area contributed by atoms with E-state index >= 15 is 0 Å². The quantitative estimate of drug-likeness (QED) is 0.0217. The average Bonchev–Trinajstić information content (AvgIpc) is 0.864. The van der Waals surface area contributed by atoms with Gasteiger partial charge >= 0.3 is 0 Å². The predicted molar refractivity (Wildman–Crippen MR) is 357 cm³/mol. The number of benzene rings is 4. The minimum atomic E-state index is -0.515.